The minimum Gasteiger partial charge on any atom is -0.504 e. The summed E-state index contributed by atoms with van der Waals surface area (Å²) < 4.78 is 24.7. The summed E-state index contributed by atoms with van der Waals surface area (Å²) in [5, 5.41) is 9.16. The molecule has 0 fully saturated rings. The summed E-state index contributed by atoms with van der Waals surface area (Å²) in [5.74, 6) is -0.995. The second-order valence-corrected chi connectivity index (χ2v) is 2.44. The van der Waals surface area contributed by atoms with E-state index in [-0.39, 0.29) is 17.9 Å². The first-order valence-electron chi connectivity index (χ1n) is 3.52. The van der Waals surface area contributed by atoms with Crippen molar-refractivity contribution in [3.63, 3.8) is 0 Å². The van der Waals surface area contributed by atoms with Crippen LogP contribution in [0, 0.1) is 0 Å². The predicted molar refractivity (Wildman–Crippen MR) is 43.2 cm³/mol. The van der Waals surface area contributed by atoms with Crippen molar-refractivity contribution >= 4 is 5.82 Å². The van der Waals surface area contributed by atoms with Gasteiger partial charge in [0, 0.05) is 12.7 Å². The molecule has 0 aliphatic rings. The normalized spacial score (nSPS) is 10.8. The quantitative estimate of drug-likeness (QED) is 0.641. The fourth-order valence-electron chi connectivity index (χ4n) is 0.974. The van der Waals surface area contributed by atoms with E-state index >= 15 is 0 Å². The fourth-order valence-corrected chi connectivity index (χ4v) is 0.974. The Labute approximate surface area is 73.2 Å². The number of aromatic hydroxyl groups is 1. The van der Waals surface area contributed by atoms with Gasteiger partial charge >= 0.3 is 0 Å². The van der Waals surface area contributed by atoms with E-state index in [2.05, 4.69) is 4.98 Å². The van der Waals surface area contributed by atoms with Crippen molar-refractivity contribution in [3.05, 3.63) is 17.3 Å². The highest BCUT2D eigenvalue weighted by Gasteiger charge is 2.19. The Morgan fingerprint density at radius 3 is 2.62 bits per heavy atom. The maximum atomic E-state index is 12.4. The average molecular weight is 189 g/mol. The van der Waals surface area contributed by atoms with Crippen LogP contribution >= 0.6 is 0 Å². The molecule has 0 aliphatic heterocycles. The van der Waals surface area contributed by atoms with Gasteiger partial charge in [0.1, 0.15) is 0 Å². The van der Waals surface area contributed by atoms with Gasteiger partial charge in [-0.05, 0) is 5.56 Å². The molecule has 0 bridgehead atoms. The molecule has 1 heterocycles. The first-order valence-corrected chi connectivity index (χ1v) is 3.52. The number of rotatable bonds is 2. The van der Waals surface area contributed by atoms with Crippen LogP contribution in [0.2, 0.25) is 0 Å². The van der Waals surface area contributed by atoms with E-state index in [1.807, 2.05) is 0 Å². The van der Waals surface area contributed by atoms with Crippen molar-refractivity contribution in [1.82, 2.24) is 4.98 Å². The van der Waals surface area contributed by atoms with Gasteiger partial charge < -0.3 is 16.6 Å². The lowest BCUT2D eigenvalue weighted by molar-refractivity contribution is 0.146. The monoisotopic (exact) mass is 189 g/mol. The summed E-state index contributed by atoms with van der Waals surface area (Å²) in [7, 11) is 0. The van der Waals surface area contributed by atoms with E-state index in [0.29, 0.717) is 0 Å². The second kappa shape index (κ2) is 3.53. The number of nitrogen functional groups attached to an aromatic ring is 1. The van der Waals surface area contributed by atoms with E-state index in [0.717, 1.165) is 6.20 Å². The summed E-state index contributed by atoms with van der Waals surface area (Å²) in [5.41, 5.74) is 9.90. The van der Waals surface area contributed by atoms with Gasteiger partial charge in [-0.2, -0.15) is 0 Å². The number of hydrogen-bond donors (Lipinski definition) is 3. The van der Waals surface area contributed by atoms with Crippen LogP contribution in [0.15, 0.2) is 6.20 Å². The number of halogens is 2. The number of alkyl halides is 2. The molecule has 1 rings (SSSR count). The van der Waals surface area contributed by atoms with Gasteiger partial charge in [0.25, 0.3) is 6.43 Å². The third-order valence-electron chi connectivity index (χ3n) is 1.64. The molecule has 0 aromatic carbocycles. The highest BCUT2D eigenvalue weighted by atomic mass is 19.3. The summed E-state index contributed by atoms with van der Waals surface area (Å²) in [6.07, 6.45) is -1.67. The lowest BCUT2D eigenvalue weighted by Gasteiger charge is -2.09. The van der Waals surface area contributed by atoms with E-state index in [1.165, 1.54) is 0 Å². The first kappa shape index (κ1) is 9.66. The molecular formula is C7H9F2N3O. The largest absolute Gasteiger partial charge is 0.504 e. The average Bonchev–Trinajstić information content (AvgIpc) is 2.08. The minimum atomic E-state index is -2.80. The lowest BCUT2D eigenvalue weighted by Crippen LogP contribution is -2.05. The molecule has 0 unspecified atom stereocenters. The van der Waals surface area contributed by atoms with Gasteiger partial charge in [0.2, 0.25) is 0 Å². The molecule has 0 saturated carbocycles. The molecule has 0 spiro atoms. The van der Waals surface area contributed by atoms with Crippen LogP contribution in [0.1, 0.15) is 17.6 Å². The summed E-state index contributed by atoms with van der Waals surface area (Å²) in [6, 6.07) is 0. The van der Waals surface area contributed by atoms with Gasteiger partial charge in [-0.25, -0.2) is 13.8 Å². The van der Waals surface area contributed by atoms with E-state index < -0.39 is 17.7 Å². The highest BCUT2D eigenvalue weighted by molar-refractivity contribution is 5.53. The Bertz CT molecular complexity index is 317. The first-order chi connectivity index (χ1) is 6.07. The number of aromatic nitrogens is 1. The number of nitrogens with two attached hydrogens (primary N) is 2. The van der Waals surface area contributed by atoms with Crippen molar-refractivity contribution < 1.29 is 13.9 Å². The molecule has 6 heteroatoms. The van der Waals surface area contributed by atoms with Crippen molar-refractivity contribution in [3.8, 4) is 5.75 Å². The van der Waals surface area contributed by atoms with Crippen LogP contribution in [0.25, 0.3) is 0 Å². The van der Waals surface area contributed by atoms with Gasteiger partial charge in [0.15, 0.2) is 11.6 Å². The molecule has 1 aromatic heterocycles. The predicted octanol–water partition coefficient (Wildman–Crippen LogP) is 0.766. The summed E-state index contributed by atoms with van der Waals surface area (Å²) >= 11 is 0. The molecule has 0 aliphatic carbocycles. The zero-order chi connectivity index (χ0) is 10.0. The molecule has 13 heavy (non-hydrogen) atoms. The van der Waals surface area contributed by atoms with Crippen LogP contribution in [0.3, 0.4) is 0 Å². The zero-order valence-corrected chi connectivity index (χ0v) is 6.67. The Morgan fingerprint density at radius 2 is 2.15 bits per heavy atom. The zero-order valence-electron chi connectivity index (χ0n) is 6.67. The van der Waals surface area contributed by atoms with Crippen LogP contribution in [0.4, 0.5) is 14.6 Å². The number of hydrogen-bond acceptors (Lipinski definition) is 4. The molecule has 4 nitrogen and oxygen atoms in total. The molecule has 0 radical (unpaired) electrons. The van der Waals surface area contributed by atoms with E-state index in [1.54, 1.807) is 0 Å². The second-order valence-electron chi connectivity index (χ2n) is 2.44. The molecule has 1 aromatic rings. The third kappa shape index (κ3) is 1.67. The van der Waals surface area contributed by atoms with Gasteiger partial charge in [-0.3, -0.25) is 0 Å². The smallest absolute Gasteiger partial charge is 0.267 e. The molecule has 0 atom stereocenters. The molecule has 0 amide bonds. The van der Waals surface area contributed by atoms with Crippen LogP contribution < -0.4 is 11.5 Å². The van der Waals surface area contributed by atoms with Crippen molar-refractivity contribution in [2.75, 3.05) is 5.73 Å². The highest BCUT2D eigenvalue weighted by Crippen LogP contribution is 2.33. The number of anilines is 1. The summed E-state index contributed by atoms with van der Waals surface area (Å²) in [4.78, 5) is 3.51. The van der Waals surface area contributed by atoms with Crippen LogP contribution in [-0.4, -0.2) is 10.1 Å². The topological polar surface area (TPSA) is 85.2 Å². The van der Waals surface area contributed by atoms with Gasteiger partial charge in [0.05, 0.1) is 5.56 Å². The molecule has 72 valence electrons. The Kier molecular flexibility index (Phi) is 2.62. The van der Waals surface area contributed by atoms with Gasteiger partial charge in [-0.1, -0.05) is 0 Å². The van der Waals surface area contributed by atoms with Crippen molar-refractivity contribution in [2.24, 2.45) is 5.73 Å². The Hall–Kier alpha value is -1.43. The lowest BCUT2D eigenvalue weighted by atomic mass is 10.1. The maximum Gasteiger partial charge on any atom is 0.267 e. The maximum absolute atomic E-state index is 12.4. The number of nitrogens with zero attached hydrogens (tertiary/aromatic N) is 1. The molecule has 0 saturated heterocycles. The van der Waals surface area contributed by atoms with Crippen LogP contribution in [0.5, 0.6) is 5.75 Å². The van der Waals surface area contributed by atoms with Crippen LogP contribution in [-0.2, 0) is 6.54 Å². The third-order valence-corrected chi connectivity index (χ3v) is 1.64. The number of pyridine rings is 1. The Balaban J connectivity index is 3.32. The van der Waals surface area contributed by atoms with Crippen molar-refractivity contribution in [2.45, 2.75) is 13.0 Å². The van der Waals surface area contributed by atoms with Crippen molar-refractivity contribution in [1.29, 1.82) is 0 Å². The summed E-state index contributed by atoms with van der Waals surface area (Å²) in [6.45, 7) is -0.111. The molecule has 5 N–H and O–H groups in total. The standard InChI is InChI=1S/C7H9F2N3O/c8-6(9)4-3(1-10)2-12-7(11)5(4)13/h2,6,13H,1,10H2,(H2,11,12). The van der Waals surface area contributed by atoms with E-state index in [9.17, 15) is 8.78 Å². The minimum absolute atomic E-state index is 0.0988. The SMILES string of the molecule is NCc1cnc(N)c(O)c1C(F)F. The Morgan fingerprint density at radius 1 is 1.54 bits per heavy atom. The van der Waals surface area contributed by atoms with E-state index in [4.69, 9.17) is 16.6 Å². The fraction of sp³-hybridized carbons (Fsp3) is 0.286. The molecular weight excluding hydrogens is 180 g/mol. The van der Waals surface area contributed by atoms with Gasteiger partial charge in [-0.15, -0.1) is 0 Å².